The summed E-state index contributed by atoms with van der Waals surface area (Å²) in [6, 6.07) is 15.6. The Bertz CT molecular complexity index is 927. The standard InChI is InChI=1S/C21H23NP/c1-21(2)16-10-6-8-14-12-13-22-20(18(14)16)15-9-7-11-17(19(15)21)23(3,4)5/h6-13H,1-5H3/q+1. The average Bonchev–Trinajstić information content (AvgIpc) is 2.51. The third-order valence-corrected chi connectivity index (χ3v) is 6.93. The molecule has 0 amide bonds. The zero-order valence-electron chi connectivity index (χ0n) is 14.5. The molecule has 0 bridgehead atoms. The molecule has 3 aromatic rings. The minimum Gasteiger partial charge on any atom is -0.256 e. The van der Waals surface area contributed by atoms with E-state index >= 15 is 0 Å². The highest BCUT2D eigenvalue weighted by atomic mass is 31.2. The first kappa shape index (κ1) is 14.8. The third-order valence-electron chi connectivity index (χ3n) is 5.11. The van der Waals surface area contributed by atoms with Crippen LogP contribution in [0.1, 0.15) is 25.0 Å². The van der Waals surface area contributed by atoms with Gasteiger partial charge in [0.15, 0.2) is 0 Å². The van der Waals surface area contributed by atoms with Crippen LogP contribution in [-0.4, -0.2) is 25.0 Å². The molecule has 1 nitrogen and oxygen atoms in total. The Labute approximate surface area is 139 Å². The molecule has 2 heteroatoms. The monoisotopic (exact) mass is 320 g/mol. The number of pyridine rings is 1. The van der Waals surface area contributed by atoms with E-state index in [9.17, 15) is 0 Å². The van der Waals surface area contributed by atoms with Gasteiger partial charge in [0.05, 0.1) is 31.0 Å². The number of fused-ring (bicyclic) bond motifs is 2. The minimum absolute atomic E-state index is 0.00868. The van der Waals surface area contributed by atoms with Gasteiger partial charge in [-0.1, -0.05) is 44.2 Å². The van der Waals surface area contributed by atoms with Crippen LogP contribution in [0.5, 0.6) is 0 Å². The zero-order valence-corrected chi connectivity index (χ0v) is 15.4. The normalized spacial score (nSPS) is 15.5. The molecule has 2 aromatic carbocycles. The van der Waals surface area contributed by atoms with Crippen LogP contribution in [0.25, 0.3) is 22.0 Å². The van der Waals surface area contributed by atoms with Gasteiger partial charge in [0.1, 0.15) is 0 Å². The van der Waals surface area contributed by atoms with Gasteiger partial charge in [0.25, 0.3) is 0 Å². The average molecular weight is 320 g/mol. The second kappa shape index (κ2) is 4.65. The van der Waals surface area contributed by atoms with Crippen LogP contribution < -0.4 is 5.30 Å². The first-order valence-electron chi connectivity index (χ1n) is 8.16. The second-order valence-corrected chi connectivity index (χ2v) is 12.4. The summed E-state index contributed by atoms with van der Waals surface area (Å²) in [4.78, 5) is 4.78. The highest BCUT2D eigenvalue weighted by Gasteiger charge is 2.40. The predicted octanol–water partition coefficient (Wildman–Crippen LogP) is 5.07. The van der Waals surface area contributed by atoms with Crippen molar-refractivity contribution < 1.29 is 0 Å². The molecule has 0 atom stereocenters. The van der Waals surface area contributed by atoms with Crippen LogP contribution in [0.4, 0.5) is 0 Å². The van der Waals surface area contributed by atoms with E-state index < -0.39 is 7.26 Å². The SMILES string of the molecule is CC1(C)c2c(cccc2[P+](C)(C)C)-c2nccc3cccc1c23. The smallest absolute Gasteiger partial charge is 0.0977 e. The zero-order chi connectivity index (χ0) is 16.4. The van der Waals surface area contributed by atoms with Crippen LogP contribution in [0.3, 0.4) is 0 Å². The van der Waals surface area contributed by atoms with E-state index in [4.69, 9.17) is 4.98 Å². The summed E-state index contributed by atoms with van der Waals surface area (Å²) in [5, 5.41) is 4.16. The summed E-state index contributed by atoms with van der Waals surface area (Å²) in [7, 11) is -1.12. The van der Waals surface area contributed by atoms with E-state index in [1.165, 1.54) is 32.8 Å². The molecule has 0 aliphatic heterocycles. The van der Waals surface area contributed by atoms with Gasteiger partial charge in [-0.3, -0.25) is 4.98 Å². The van der Waals surface area contributed by atoms with Crippen LogP contribution in [0, 0.1) is 0 Å². The maximum absolute atomic E-state index is 4.78. The largest absolute Gasteiger partial charge is 0.256 e. The van der Waals surface area contributed by atoms with E-state index in [0.29, 0.717) is 0 Å². The van der Waals surface area contributed by atoms with E-state index in [2.05, 4.69) is 76.3 Å². The van der Waals surface area contributed by atoms with Crippen molar-refractivity contribution in [3.05, 3.63) is 59.8 Å². The van der Waals surface area contributed by atoms with Crippen LogP contribution >= 0.6 is 7.26 Å². The van der Waals surface area contributed by atoms with Gasteiger partial charge in [-0.25, -0.2) is 0 Å². The van der Waals surface area contributed by atoms with Crippen molar-refractivity contribution in [1.29, 1.82) is 0 Å². The number of rotatable bonds is 1. The molecule has 0 fully saturated rings. The summed E-state index contributed by atoms with van der Waals surface area (Å²) in [5.74, 6) is 0. The molecule has 0 radical (unpaired) electrons. The van der Waals surface area contributed by atoms with Crippen molar-refractivity contribution in [2.24, 2.45) is 0 Å². The lowest BCUT2D eigenvalue weighted by Gasteiger charge is -2.36. The fraction of sp³-hybridized carbons (Fsp3) is 0.286. The molecule has 0 saturated heterocycles. The Morgan fingerprint density at radius 1 is 0.913 bits per heavy atom. The van der Waals surface area contributed by atoms with Gasteiger partial charge in [0, 0.05) is 35.4 Å². The number of benzene rings is 2. The number of hydrogen-bond donors (Lipinski definition) is 0. The third kappa shape index (κ3) is 2.00. The Hall–Kier alpha value is -1.72. The topological polar surface area (TPSA) is 12.9 Å². The predicted molar refractivity (Wildman–Crippen MR) is 104 cm³/mol. The van der Waals surface area contributed by atoms with E-state index in [0.717, 1.165) is 5.69 Å². The van der Waals surface area contributed by atoms with Crippen molar-refractivity contribution in [3.8, 4) is 11.3 Å². The van der Waals surface area contributed by atoms with Gasteiger partial charge in [-0.05, 0) is 23.1 Å². The van der Waals surface area contributed by atoms with Crippen molar-refractivity contribution in [2.45, 2.75) is 19.3 Å². The molecular formula is C21H23NP+. The first-order chi connectivity index (χ1) is 10.8. The van der Waals surface area contributed by atoms with Crippen LogP contribution in [0.2, 0.25) is 0 Å². The van der Waals surface area contributed by atoms with Gasteiger partial charge in [-0.15, -0.1) is 0 Å². The summed E-state index contributed by atoms with van der Waals surface area (Å²) < 4.78 is 0. The van der Waals surface area contributed by atoms with E-state index in [1.807, 2.05) is 6.20 Å². The molecule has 0 unspecified atom stereocenters. The summed E-state index contributed by atoms with van der Waals surface area (Å²) in [6.07, 6.45) is 1.95. The van der Waals surface area contributed by atoms with Gasteiger partial charge in [0.2, 0.25) is 0 Å². The van der Waals surface area contributed by atoms with Crippen molar-refractivity contribution in [2.75, 3.05) is 20.0 Å². The Kier molecular flexibility index (Phi) is 3.00. The van der Waals surface area contributed by atoms with Crippen LogP contribution in [-0.2, 0) is 5.41 Å². The van der Waals surface area contributed by atoms with Crippen molar-refractivity contribution >= 4 is 23.3 Å². The molecule has 116 valence electrons. The lowest BCUT2D eigenvalue weighted by molar-refractivity contribution is 0.648. The molecule has 23 heavy (non-hydrogen) atoms. The fourth-order valence-corrected chi connectivity index (χ4v) is 5.65. The lowest BCUT2D eigenvalue weighted by atomic mass is 9.70. The first-order valence-corrected chi connectivity index (χ1v) is 11.3. The quantitative estimate of drug-likeness (QED) is 0.570. The molecule has 1 heterocycles. The number of aromatic nitrogens is 1. The van der Waals surface area contributed by atoms with Gasteiger partial charge >= 0.3 is 0 Å². The molecule has 1 aromatic heterocycles. The second-order valence-electron chi connectivity index (χ2n) is 7.90. The Morgan fingerprint density at radius 2 is 1.65 bits per heavy atom. The Balaban J connectivity index is 2.22. The molecule has 4 rings (SSSR count). The number of hydrogen-bond acceptors (Lipinski definition) is 1. The van der Waals surface area contributed by atoms with E-state index in [-0.39, 0.29) is 5.41 Å². The molecule has 0 spiro atoms. The lowest BCUT2D eigenvalue weighted by Crippen LogP contribution is -2.32. The van der Waals surface area contributed by atoms with E-state index in [1.54, 1.807) is 0 Å². The molecule has 1 aliphatic carbocycles. The summed E-state index contributed by atoms with van der Waals surface area (Å²) in [6.45, 7) is 12.0. The minimum atomic E-state index is -1.12. The molecule has 0 N–H and O–H groups in total. The summed E-state index contributed by atoms with van der Waals surface area (Å²) in [5.41, 5.74) is 5.38. The summed E-state index contributed by atoms with van der Waals surface area (Å²) >= 11 is 0. The van der Waals surface area contributed by atoms with Gasteiger partial charge < -0.3 is 0 Å². The van der Waals surface area contributed by atoms with Gasteiger partial charge in [-0.2, -0.15) is 0 Å². The Morgan fingerprint density at radius 3 is 2.39 bits per heavy atom. The fourth-order valence-electron chi connectivity index (χ4n) is 4.04. The molecule has 0 saturated carbocycles. The molecular weight excluding hydrogens is 297 g/mol. The number of nitrogens with zero attached hydrogens (tertiary/aromatic N) is 1. The highest BCUT2D eigenvalue weighted by Crippen LogP contribution is 2.53. The maximum atomic E-state index is 4.78. The maximum Gasteiger partial charge on any atom is 0.0977 e. The van der Waals surface area contributed by atoms with Crippen LogP contribution in [0.15, 0.2) is 48.7 Å². The van der Waals surface area contributed by atoms with Crippen molar-refractivity contribution in [1.82, 2.24) is 4.98 Å². The molecule has 1 aliphatic rings. The highest BCUT2D eigenvalue weighted by molar-refractivity contribution is 7.81. The van der Waals surface area contributed by atoms with Crippen molar-refractivity contribution in [3.63, 3.8) is 0 Å².